The van der Waals surface area contributed by atoms with Crippen LogP contribution in [0.3, 0.4) is 0 Å². The van der Waals surface area contributed by atoms with E-state index in [1.807, 2.05) is 19.9 Å². The summed E-state index contributed by atoms with van der Waals surface area (Å²) in [6.07, 6.45) is 1.71. The maximum absolute atomic E-state index is 11.4. The fourth-order valence-electron chi connectivity index (χ4n) is 1.23. The van der Waals surface area contributed by atoms with Gasteiger partial charge in [-0.25, -0.2) is 4.98 Å². The molecule has 0 fully saturated rings. The predicted molar refractivity (Wildman–Crippen MR) is 65.5 cm³/mol. The van der Waals surface area contributed by atoms with Crippen LogP contribution in [-0.4, -0.2) is 23.0 Å². The van der Waals surface area contributed by atoms with E-state index in [0.29, 0.717) is 12.4 Å². The van der Waals surface area contributed by atoms with Crippen molar-refractivity contribution in [2.75, 3.05) is 0 Å². The van der Waals surface area contributed by atoms with E-state index in [2.05, 4.69) is 10.3 Å². The fourth-order valence-corrected chi connectivity index (χ4v) is 1.23. The van der Waals surface area contributed by atoms with Crippen LogP contribution < -0.4 is 15.8 Å². The summed E-state index contributed by atoms with van der Waals surface area (Å²) in [4.78, 5) is 15.5. The second-order valence-electron chi connectivity index (χ2n) is 4.14. The summed E-state index contributed by atoms with van der Waals surface area (Å²) >= 11 is 0. The molecule has 0 aliphatic carbocycles. The molecule has 1 heterocycles. The van der Waals surface area contributed by atoms with E-state index in [1.54, 1.807) is 19.2 Å². The van der Waals surface area contributed by atoms with Gasteiger partial charge in [0.15, 0.2) is 0 Å². The number of nitrogens with one attached hydrogen (secondary N) is 1. The van der Waals surface area contributed by atoms with E-state index in [9.17, 15) is 4.79 Å². The SMILES string of the molecule is CC(C)Oc1ncccc1CNC(=O)[C@H](C)N. The number of rotatable bonds is 5. The molecule has 0 radical (unpaired) electrons. The molecule has 0 aliphatic rings. The Morgan fingerprint density at radius 3 is 2.82 bits per heavy atom. The summed E-state index contributed by atoms with van der Waals surface area (Å²) in [7, 11) is 0. The molecule has 5 nitrogen and oxygen atoms in total. The lowest BCUT2D eigenvalue weighted by molar-refractivity contribution is -0.122. The Labute approximate surface area is 101 Å². The minimum Gasteiger partial charge on any atom is -0.475 e. The predicted octanol–water partition coefficient (Wildman–Crippen LogP) is 0.832. The van der Waals surface area contributed by atoms with Gasteiger partial charge >= 0.3 is 0 Å². The van der Waals surface area contributed by atoms with Crippen molar-refractivity contribution in [3.05, 3.63) is 23.9 Å². The highest BCUT2D eigenvalue weighted by atomic mass is 16.5. The number of hydrogen-bond acceptors (Lipinski definition) is 4. The first kappa shape index (κ1) is 13.4. The van der Waals surface area contributed by atoms with E-state index in [0.717, 1.165) is 5.56 Å². The molecule has 1 atom stereocenters. The average Bonchev–Trinajstić information content (AvgIpc) is 2.26. The Morgan fingerprint density at radius 1 is 1.53 bits per heavy atom. The average molecular weight is 237 g/mol. The normalized spacial score (nSPS) is 12.3. The molecule has 1 aromatic heterocycles. The molecule has 17 heavy (non-hydrogen) atoms. The molecule has 1 rings (SSSR count). The van der Waals surface area contributed by atoms with Gasteiger partial charge in [0.2, 0.25) is 11.8 Å². The lowest BCUT2D eigenvalue weighted by atomic mass is 10.2. The van der Waals surface area contributed by atoms with Crippen LogP contribution in [0.2, 0.25) is 0 Å². The summed E-state index contributed by atoms with van der Waals surface area (Å²) in [5, 5.41) is 2.73. The molecule has 1 aromatic rings. The zero-order chi connectivity index (χ0) is 12.8. The van der Waals surface area contributed by atoms with Gasteiger partial charge in [-0.05, 0) is 26.8 Å². The molecule has 3 N–H and O–H groups in total. The fraction of sp³-hybridized carbons (Fsp3) is 0.500. The van der Waals surface area contributed by atoms with E-state index in [4.69, 9.17) is 10.5 Å². The molecule has 0 aromatic carbocycles. The number of aromatic nitrogens is 1. The van der Waals surface area contributed by atoms with Crippen LogP contribution in [0.25, 0.3) is 0 Å². The van der Waals surface area contributed by atoms with Crippen molar-refractivity contribution in [3.8, 4) is 5.88 Å². The minimum absolute atomic E-state index is 0.0489. The number of pyridine rings is 1. The number of nitrogens with zero attached hydrogens (tertiary/aromatic N) is 1. The third-order valence-corrected chi connectivity index (χ3v) is 2.06. The van der Waals surface area contributed by atoms with Crippen LogP contribution >= 0.6 is 0 Å². The standard InChI is InChI=1S/C12H19N3O2/c1-8(2)17-12-10(5-4-6-14-12)7-15-11(16)9(3)13/h4-6,8-9H,7,13H2,1-3H3,(H,15,16)/t9-/m0/s1. The number of hydrogen-bond donors (Lipinski definition) is 2. The Morgan fingerprint density at radius 2 is 2.24 bits per heavy atom. The van der Waals surface area contributed by atoms with Crippen molar-refractivity contribution in [1.82, 2.24) is 10.3 Å². The number of ether oxygens (including phenoxy) is 1. The van der Waals surface area contributed by atoms with Crippen molar-refractivity contribution < 1.29 is 9.53 Å². The molecule has 0 spiro atoms. The number of carbonyl (C=O) groups is 1. The zero-order valence-electron chi connectivity index (χ0n) is 10.4. The first-order valence-electron chi connectivity index (χ1n) is 5.64. The lowest BCUT2D eigenvalue weighted by Crippen LogP contribution is -2.37. The minimum atomic E-state index is -0.513. The molecule has 5 heteroatoms. The Kier molecular flexibility index (Phi) is 4.90. The highest BCUT2D eigenvalue weighted by molar-refractivity contribution is 5.80. The first-order chi connectivity index (χ1) is 8.00. The Bertz CT molecular complexity index is 378. The summed E-state index contributed by atoms with van der Waals surface area (Å²) in [6, 6.07) is 3.16. The van der Waals surface area contributed by atoms with Crippen LogP contribution in [0, 0.1) is 0 Å². The maximum Gasteiger partial charge on any atom is 0.236 e. The van der Waals surface area contributed by atoms with E-state index in [1.165, 1.54) is 0 Å². The van der Waals surface area contributed by atoms with Crippen LogP contribution in [0.4, 0.5) is 0 Å². The number of amides is 1. The van der Waals surface area contributed by atoms with Crippen molar-refractivity contribution in [3.63, 3.8) is 0 Å². The van der Waals surface area contributed by atoms with Gasteiger partial charge in [0, 0.05) is 18.3 Å². The van der Waals surface area contributed by atoms with Gasteiger partial charge in [0.05, 0.1) is 12.1 Å². The van der Waals surface area contributed by atoms with Crippen LogP contribution in [0.5, 0.6) is 5.88 Å². The molecule has 0 saturated heterocycles. The van der Waals surface area contributed by atoms with Crippen LogP contribution in [0.15, 0.2) is 18.3 Å². The van der Waals surface area contributed by atoms with Crippen molar-refractivity contribution in [2.24, 2.45) is 5.73 Å². The second-order valence-corrected chi connectivity index (χ2v) is 4.14. The zero-order valence-corrected chi connectivity index (χ0v) is 10.4. The van der Waals surface area contributed by atoms with Gasteiger partial charge in [-0.1, -0.05) is 6.07 Å². The quantitative estimate of drug-likeness (QED) is 0.795. The van der Waals surface area contributed by atoms with Crippen LogP contribution in [0.1, 0.15) is 26.3 Å². The molecule has 0 unspecified atom stereocenters. The molecular weight excluding hydrogens is 218 g/mol. The molecule has 94 valence electrons. The number of carbonyl (C=O) groups excluding carboxylic acids is 1. The Balaban J connectivity index is 2.67. The summed E-state index contributed by atoms with van der Waals surface area (Å²) in [5.41, 5.74) is 6.30. The van der Waals surface area contributed by atoms with Crippen LogP contribution in [-0.2, 0) is 11.3 Å². The van der Waals surface area contributed by atoms with E-state index in [-0.39, 0.29) is 12.0 Å². The second kappa shape index (κ2) is 6.20. The molecular formula is C12H19N3O2. The molecule has 0 saturated carbocycles. The van der Waals surface area contributed by atoms with Crippen molar-refractivity contribution in [1.29, 1.82) is 0 Å². The third-order valence-electron chi connectivity index (χ3n) is 2.06. The van der Waals surface area contributed by atoms with Gasteiger partial charge in [0.25, 0.3) is 0 Å². The number of nitrogens with two attached hydrogens (primary N) is 1. The third kappa shape index (κ3) is 4.40. The lowest BCUT2D eigenvalue weighted by Gasteiger charge is -2.13. The highest BCUT2D eigenvalue weighted by Crippen LogP contribution is 2.15. The topological polar surface area (TPSA) is 77.2 Å². The van der Waals surface area contributed by atoms with Gasteiger partial charge in [-0.2, -0.15) is 0 Å². The molecule has 0 aliphatic heterocycles. The summed E-state index contributed by atoms with van der Waals surface area (Å²) < 4.78 is 5.54. The maximum atomic E-state index is 11.4. The largest absolute Gasteiger partial charge is 0.475 e. The highest BCUT2D eigenvalue weighted by Gasteiger charge is 2.10. The van der Waals surface area contributed by atoms with Gasteiger partial charge in [0.1, 0.15) is 0 Å². The molecule has 0 bridgehead atoms. The monoisotopic (exact) mass is 237 g/mol. The van der Waals surface area contributed by atoms with Crippen molar-refractivity contribution >= 4 is 5.91 Å². The van der Waals surface area contributed by atoms with E-state index < -0.39 is 6.04 Å². The first-order valence-corrected chi connectivity index (χ1v) is 5.64. The van der Waals surface area contributed by atoms with Gasteiger partial charge < -0.3 is 15.8 Å². The van der Waals surface area contributed by atoms with Crippen molar-refractivity contribution in [2.45, 2.75) is 39.5 Å². The van der Waals surface area contributed by atoms with E-state index >= 15 is 0 Å². The molecule has 1 amide bonds. The summed E-state index contributed by atoms with van der Waals surface area (Å²) in [5.74, 6) is 0.358. The van der Waals surface area contributed by atoms with Gasteiger partial charge in [-0.15, -0.1) is 0 Å². The summed E-state index contributed by atoms with van der Waals surface area (Å²) in [6.45, 7) is 5.87. The smallest absolute Gasteiger partial charge is 0.236 e. The van der Waals surface area contributed by atoms with Gasteiger partial charge in [-0.3, -0.25) is 4.79 Å². The Hall–Kier alpha value is -1.62.